The minimum Gasteiger partial charge on any atom is -0.462 e. The van der Waals surface area contributed by atoms with Gasteiger partial charge in [0.05, 0.1) is 12.0 Å². The van der Waals surface area contributed by atoms with Crippen molar-refractivity contribution in [2.45, 2.75) is 45.6 Å². The van der Waals surface area contributed by atoms with Gasteiger partial charge in [-0.1, -0.05) is 13.3 Å². The monoisotopic (exact) mass is 156 g/mol. The Kier molecular flexibility index (Phi) is 2.92. The van der Waals surface area contributed by atoms with Crippen LogP contribution in [0.1, 0.15) is 39.5 Å². The number of cyclic esters (lactones) is 1. The van der Waals surface area contributed by atoms with Gasteiger partial charge in [-0.15, -0.1) is 0 Å². The fourth-order valence-corrected chi connectivity index (χ4v) is 1.52. The summed E-state index contributed by atoms with van der Waals surface area (Å²) in [7, 11) is 0. The van der Waals surface area contributed by atoms with E-state index in [4.69, 9.17) is 4.74 Å². The summed E-state index contributed by atoms with van der Waals surface area (Å²) in [4.78, 5) is 11.2. The van der Waals surface area contributed by atoms with Crippen LogP contribution in [-0.4, -0.2) is 12.1 Å². The second kappa shape index (κ2) is 3.74. The number of esters is 1. The van der Waals surface area contributed by atoms with Crippen LogP contribution in [0, 0.1) is 5.92 Å². The molecule has 0 saturated carbocycles. The molecule has 64 valence electrons. The Hall–Kier alpha value is -0.530. The van der Waals surface area contributed by atoms with Crippen molar-refractivity contribution in [2.24, 2.45) is 5.92 Å². The van der Waals surface area contributed by atoms with Crippen LogP contribution in [0.15, 0.2) is 0 Å². The molecule has 0 aromatic rings. The average Bonchev–Trinajstić information content (AvgIpc) is 1.95. The molecule has 0 aliphatic carbocycles. The van der Waals surface area contributed by atoms with Gasteiger partial charge in [0, 0.05) is 0 Å². The van der Waals surface area contributed by atoms with Crippen LogP contribution < -0.4 is 0 Å². The molecule has 0 N–H and O–H groups in total. The molecule has 0 bridgehead atoms. The first-order chi connectivity index (χ1) is 5.24. The van der Waals surface area contributed by atoms with E-state index in [1.165, 1.54) is 0 Å². The first-order valence-corrected chi connectivity index (χ1v) is 4.44. The zero-order chi connectivity index (χ0) is 8.27. The van der Waals surface area contributed by atoms with E-state index in [0.717, 1.165) is 25.7 Å². The maximum absolute atomic E-state index is 11.2. The molecule has 0 radical (unpaired) electrons. The van der Waals surface area contributed by atoms with E-state index in [9.17, 15) is 4.79 Å². The highest BCUT2D eigenvalue weighted by molar-refractivity contribution is 5.73. The highest BCUT2D eigenvalue weighted by Crippen LogP contribution is 2.23. The Morgan fingerprint density at radius 2 is 2.27 bits per heavy atom. The number of hydrogen-bond acceptors (Lipinski definition) is 2. The third kappa shape index (κ3) is 2.21. The molecular weight excluding hydrogens is 140 g/mol. The minimum absolute atomic E-state index is 0.0191. The molecule has 0 amide bonds. The zero-order valence-electron chi connectivity index (χ0n) is 7.30. The summed E-state index contributed by atoms with van der Waals surface area (Å²) >= 11 is 0. The lowest BCUT2D eigenvalue weighted by Gasteiger charge is -2.25. The number of hydrogen-bond donors (Lipinski definition) is 0. The van der Waals surface area contributed by atoms with Crippen LogP contribution in [0.5, 0.6) is 0 Å². The van der Waals surface area contributed by atoms with Gasteiger partial charge in [-0.3, -0.25) is 4.79 Å². The topological polar surface area (TPSA) is 26.3 Å². The van der Waals surface area contributed by atoms with Gasteiger partial charge in [-0.2, -0.15) is 0 Å². The minimum atomic E-state index is 0.0191. The van der Waals surface area contributed by atoms with Crippen LogP contribution in [0.3, 0.4) is 0 Å². The lowest BCUT2D eigenvalue weighted by atomic mass is 9.94. The molecule has 0 aromatic heterocycles. The molecule has 0 spiro atoms. The molecule has 2 nitrogen and oxygen atoms in total. The molecule has 1 aliphatic heterocycles. The number of ether oxygens (including phenoxy) is 1. The molecule has 0 unspecified atom stereocenters. The fourth-order valence-electron chi connectivity index (χ4n) is 1.52. The maximum atomic E-state index is 11.2. The Morgan fingerprint density at radius 1 is 1.55 bits per heavy atom. The van der Waals surface area contributed by atoms with Gasteiger partial charge in [0.25, 0.3) is 0 Å². The molecule has 1 aliphatic rings. The lowest BCUT2D eigenvalue weighted by Crippen LogP contribution is -2.29. The van der Waals surface area contributed by atoms with Crippen molar-refractivity contribution in [3.63, 3.8) is 0 Å². The van der Waals surface area contributed by atoms with E-state index in [1.54, 1.807) is 0 Å². The molecule has 0 aromatic carbocycles. The Morgan fingerprint density at radius 3 is 2.82 bits per heavy atom. The van der Waals surface area contributed by atoms with Crippen LogP contribution in [0.2, 0.25) is 0 Å². The SMILES string of the molecule is CCC[C@@H]1CC[C@H](C)OC1=O. The molecule has 1 heterocycles. The number of carbonyl (C=O) groups excluding carboxylic acids is 1. The molecule has 2 heteroatoms. The molecule has 2 atom stereocenters. The van der Waals surface area contributed by atoms with Crippen molar-refractivity contribution >= 4 is 5.97 Å². The third-order valence-electron chi connectivity index (χ3n) is 2.21. The van der Waals surface area contributed by atoms with E-state index in [-0.39, 0.29) is 18.0 Å². The first kappa shape index (κ1) is 8.57. The van der Waals surface area contributed by atoms with Crippen LogP contribution in [-0.2, 0) is 9.53 Å². The Labute approximate surface area is 67.9 Å². The maximum Gasteiger partial charge on any atom is 0.309 e. The summed E-state index contributed by atoms with van der Waals surface area (Å²) in [6.07, 6.45) is 4.28. The highest BCUT2D eigenvalue weighted by atomic mass is 16.5. The number of rotatable bonds is 2. The molecular formula is C9H16O2. The van der Waals surface area contributed by atoms with Crippen molar-refractivity contribution in [3.8, 4) is 0 Å². The Balaban J connectivity index is 2.38. The summed E-state index contributed by atoms with van der Waals surface area (Å²) in [6, 6.07) is 0. The zero-order valence-corrected chi connectivity index (χ0v) is 7.30. The Bertz CT molecular complexity index is 142. The second-order valence-corrected chi connectivity index (χ2v) is 3.31. The first-order valence-electron chi connectivity index (χ1n) is 4.44. The van der Waals surface area contributed by atoms with Crippen LogP contribution in [0.4, 0.5) is 0 Å². The van der Waals surface area contributed by atoms with Crippen molar-refractivity contribution in [1.29, 1.82) is 0 Å². The van der Waals surface area contributed by atoms with E-state index in [1.807, 2.05) is 6.92 Å². The summed E-state index contributed by atoms with van der Waals surface area (Å²) in [5.74, 6) is 0.210. The summed E-state index contributed by atoms with van der Waals surface area (Å²) in [6.45, 7) is 4.06. The predicted molar refractivity (Wildman–Crippen MR) is 43.2 cm³/mol. The van der Waals surface area contributed by atoms with Crippen molar-refractivity contribution < 1.29 is 9.53 Å². The lowest BCUT2D eigenvalue weighted by molar-refractivity contribution is -0.159. The van der Waals surface area contributed by atoms with Gasteiger partial charge >= 0.3 is 5.97 Å². The van der Waals surface area contributed by atoms with Gasteiger partial charge in [-0.05, 0) is 26.2 Å². The molecule has 11 heavy (non-hydrogen) atoms. The largest absolute Gasteiger partial charge is 0.462 e. The summed E-state index contributed by atoms with van der Waals surface area (Å²) < 4.78 is 5.11. The molecule has 1 fully saturated rings. The molecule has 1 saturated heterocycles. The summed E-state index contributed by atoms with van der Waals surface area (Å²) in [5.41, 5.74) is 0. The standard InChI is InChI=1S/C9H16O2/c1-3-4-8-6-5-7(2)11-9(8)10/h7-8H,3-6H2,1-2H3/t7-,8+/m0/s1. The van der Waals surface area contributed by atoms with E-state index < -0.39 is 0 Å². The average molecular weight is 156 g/mol. The van der Waals surface area contributed by atoms with Gasteiger partial charge < -0.3 is 4.74 Å². The van der Waals surface area contributed by atoms with Crippen LogP contribution >= 0.6 is 0 Å². The number of carbonyl (C=O) groups is 1. The predicted octanol–water partition coefficient (Wildman–Crippen LogP) is 2.13. The highest BCUT2D eigenvalue weighted by Gasteiger charge is 2.26. The van der Waals surface area contributed by atoms with Gasteiger partial charge in [0.15, 0.2) is 0 Å². The second-order valence-electron chi connectivity index (χ2n) is 3.31. The quantitative estimate of drug-likeness (QED) is 0.572. The smallest absolute Gasteiger partial charge is 0.309 e. The molecule has 1 rings (SSSR count). The van der Waals surface area contributed by atoms with Gasteiger partial charge in [0.2, 0.25) is 0 Å². The van der Waals surface area contributed by atoms with Crippen molar-refractivity contribution in [2.75, 3.05) is 0 Å². The fraction of sp³-hybridized carbons (Fsp3) is 0.889. The van der Waals surface area contributed by atoms with Crippen molar-refractivity contribution in [3.05, 3.63) is 0 Å². The van der Waals surface area contributed by atoms with Crippen molar-refractivity contribution in [1.82, 2.24) is 0 Å². The van der Waals surface area contributed by atoms with E-state index >= 15 is 0 Å². The van der Waals surface area contributed by atoms with E-state index in [0.29, 0.717) is 0 Å². The van der Waals surface area contributed by atoms with Gasteiger partial charge in [0.1, 0.15) is 0 Å². The summed E-state index contributed by atoms with van der Waals surface area (Å²) in [5, 5.41) is 0. The van der Waals surface area contributed by atoms with Crippen LogP contribution in [0.25, 0.3) is 0 Å². The van der Waals surface area contributed by atoms with Gasteiger partial charge in [-0.25, -0.2) is 0 Å². The third-order valence-corrected chi connectivity index (χ3v) is 2.21. The van der Waals surface area contributed by atoms with E-state index in [2.05, 4.69) is 6.92 Å². The normalized spacial score (nSPS) is 31.6.